The summed E-state index contributed by atoms with van der Waals surface area (Å²) >= 11 is 0. The molecule has 1 aromatic heterocycles. The van der Waals surface area contributed by atoms with Crippen molar-refractivity contribution in [2.45, 2.75) is 5.92 Å². The number of rotatable bonds is 7. The fourth-order valence-corrected chi connectivity index (χ4v) is 3.81. The number of aromatic carboxylic acids is 1. The van der Waals surface area contributed by atoms with Crippen LogP contribution in [0, 0.1) is 0 Å². The number of anilines is 1. The molecule has 0 aliphatic heterocycles. The molecule has 33 heavy (non-hydrogen) atoms. The van der Waals surface area contributed by atoms with Crippen LogP contribution in [0.2, 0.25) is 0 Å². The van der Waals surface area contributed by atoms with Gasteiger partial charge in [-0.25, -0.2) is 9.59 Å². The highest BCUT2D eigenvalue weighted by molar-refractivity contribution is 5.99. The Bertz CT molecular complexity index is 1200. The number of hydrogen-bond acceptors (Lipinski definition) is 5. The Morgan fingerprint density at radius 1 is 1.09 bits per heavy atom. The van der Waals surface area contributed by atoms with Gasteiger partial charge in [-0.1, -0.05) is 54.6 Å². The van der Waals surface area contributed by atoms with Gasteiger partial charge in [-0.2, -0.15) is 5.10 Å². The number of aromatic nitrogens is 2. The molecule has 2 amide bonds. The normalized spacial score (nSPS) is 12.3. The maximum Gasteiger partial charge on any atom is 0.407 e. The van der Waals surface area contributed by atoms with E-state index in [0.29, 0.717) is 0 Å². The van der Waals surface area contributed by atoms with Gasteiger partial charge in [-0.05, 0) is 22.3 Å². The number of benzene rings is 2. The minimum Gasteiger partial charge on any atom is -0.476 e. The molecule has 9 nitrogen and oxygen atoms in total. The predicted molar refractivity (Wildman–Crippen MR) is 121 cm³/mol. The Morgan fingerprint density at radius 2 is 1.73 bits per heavy atom. The van der Waals surface area contributed by atoms with Gasteiger partial charge in [0.2, 0.25) is 5.91 Å². The van der Waals surface area contributed by atoms with Crippen molar-refractivity contribution in [1.82, 2.24) is 15.1 Å². The van der Waals surface area contributed by atoms with E-state index in [4.69, 9.17) is 9.84 Å². The molecule has 0 saturated heterocycles. The van der Waals surface area contributed by atoms with Gasteiger partial charge in [0.25, 0.3) is 0 Å². The van der Waals surface area contributed by atoms with Crippen molar-refractivity contribution in [2.24, 2.45) is 7.05 Å². The van der Waals surface area contributed by atoms with Crippen LogP contribution in [-0.4, -0.2) is 46.0 Å². The quantitative estimate of drug-likeness (QED) is 0.479. The lowest BCUT2D eigenvalue weighted by molar-refractivity contribution is -0.112. The highest BCUT2D eigenvalue weighted by atomic mass is 16.5. The molecule has 0 atom stereocenters. The number of nitrogens with one attached hydrogen (secondary N) is 2. The zero-order chi connectivity index (χ0) is 23.4. The van der Waals surface area contributed by atoms with E-state index in [1.54, 1.807) is 0 Å². The molecule has 168 valence electrons. The van der Waals surface area contributed by atoms with E-state index in [1.165, 1.54) is 29.9 Å². The number of amides is 2. The maximum absolute atomic E-state index is 12.1. The van der Waals surface area contributed by atoms with E-state index < -0.39 is 18.0 Å². The highest BCUT2D eigenvalue weighted by Gasteiger charge is 2.28. The molecule has 0 radical (unpaired) electrons. The molecule has 3 N–H and O–H groups in total. The standard InChI is InChI=1S/C24H22N4O5/c1-28-21(13-20(27-28)23(30)31)26-22(29)11-6-12-25-24(32)33-14-19-17-9-4-2-7-15(17)16-8-3-5-10-18(16)19/h2-11,13,19H,12,14H2,1H3,(H,25,32)(H,26,29)(H,30,31)/b11-6+. The van der Waals surface area contributed by atoms with Crippen LogP contribution in [0.4, 0.5) is 10.6 Å². The number of aryl methyl sites for hydroxylation is 1. The van der Waals surface area contributed by atoms with Crippen molar-refractivity contribution in [2.75, 3.05) is 18.5 Å². The number of ether oxygens (including phenoxy) is 1. The van der Waals surface area contributed by atoms with Gasteiger partial charge in [-0.15, -0.1) is 0 Å². The Hall–Kier alpha value is -4.40. The molecule has 1 aliphatic carbocycles. The Labute approximate surface area is 189 Å². The molecule has 0 spiro atoms. The molecule has 0 bridgehead atoms. The summed E-state index contributed by atoms with van der Waals surface area (Å²) in [5.41, 5.74) is 4.39. The van der Waals surface area contributed by atoms with Crippen LogP contribution in [-0.2, 0) is 16.6 Å². The van der Waals surface area contributed by atoms with Crippen molar-refractivity contribution in [1.29, 1.82) is 0 Å². The first kappa shape index (κ1) is 21.8. The van der Waals surface area contributed by atoms with Gasteiger partial charge >= 0.3 is 12.1 Å². The molecule has 0 fully saturated rings. The van der Waals surface area contributed by atoms with Gasteiger partial charge in [0.1, 0.15) is 12.4 Å². The van der Waals surface area contributed by atoms with Crippen LogP contribution in [0.15, 0.2) is 66.7 Å². The summed E-state index contributed by atoms with van der Waals surface area (Å²) in [5, 5.41) is 17.8. The molecular weight excluding hydrogens is 424 g/mol. The third-order valence-electron chi connectivity index (χ3n) is 5.33. The van der Waals surface area contributed by atoms with Crippen LogP contribution >= 0.6 is 0 Å². The highest BCUT2D eigenvalue weighted by Crippen LogP contribution is 2.44. The third-order valence-corrected chi connectivity index (χ3v) is 5.33. The first-order valence-electron chi connectivity index (χ1n) is 10.3. The van der Waals surface area contributed by atoms with Crippen LogP contribution in [0.3, 0.4) is 0 Å². The van der Waals surface area contributed by atoms with Crippen LogP contribution in [0.5, 0.6) is 0 Å². The van der Waals surface area contributed by atoms with E-state index >= 15 is 0 Å². The zero-order valence-corrected chi connectivity index (χ0v) is 17.8. The molecule has 0 saturated carbocycles. The summed E-state index contributed by atoms with van der Waals surface area (Å²) in [4.78, 5) is 35.1. The van der Waals surface area contributed by atoms with Crippen molar-refractivity contribution >= 4 is 23.8 Å². The number of fused-ring (bicyclic) bond motifs is 3. The molecule has 0 unspecified atom stereocenters. The van der Waals surface area contributed by atoms with Crippen molar-refractivity contribution < 1.29 is 24.2 Å². The van der Waals surface area contributed by atoms with Crippen LogP contribution in [0.25, 0.3) is 11.1 Å². The third kappa shape index (κ3) is 4.77. The summed E-state index contributed by atoms with van der Waals surface area (Å²) in [6.07, 6.45) is 2.11. The van der Waals surface area contributed by atoms with Crippen LogP contribution < -0.4 is 10.6 Å². The molecule has 4 rings (SSSR count). The Balaban J connectivity index is 1.26. The van der Waals surface area contributed by atoms with Crippen molar-refractivity contribution in [3.8, 4) is 11.1 Å². The summed E-state index contributed by atoms with van der Waals surface area (Å²) < 4.78 is 6.69. The lowest BCUT2D eigenvalue weighted by atomic mass is 9.98. The number of hydrogen-bond donors (Lipinski definition) is 3. The Kier molecular flexibility index (Phi) is 6.21. The lowest BCUT2D eigenvalue weighted by Gasteiger charge is -2.14. The van der Waals surface area contributed by atoms with Crippen LogP contribution in [0.1, 0.15) is 27.5 Å². The maximum atomic E-state index is 12.1. The van der Waals surface area contributed by atoms with E-state index in [2.05, 4.69) is 27.9 Å². The predicted octanol–water partition coefficient (Wildman–Crippen LogP) is 3.15. The second-order valence-corrected chi connectivity index (χ2v) is 7.44. The Morgan fingerprint density at radius 3 is 2.33 bits per heavy atom. The average Bonchev–Trinajstić information content (AvgIpc) is 3.33. The van der Waals surface area contributed by atoms with E-state index in [0.717, 1.165) is 22.3 Å². The second-order valence-electron chi connectivity index (χ2n) is 7.44. The number of nitrogens with zero attached hydrogens (tertiary/aromatic N) is 2. The number of carbonyl (C=O) groups excluding carboxylic acids is 2. The smallest absolute Gasteiger partial charge is 0.407 e. The SMILES string of the molecule is Cn1nc(C(=O)O)cc1NC(=O)/C=C/CNC(=O)OCC1c2ccccc2-c2ccccc21. The minimum absolute atomic E-state index is 0.0286. The van der Waals surface area contributed by atoms with Crippen molar-refractivity contribution in [3.63, 3.8) is 0 Å². The van der Waals surface area contributed by atoms with E-state index in [9.17, 15) is 14.4 Å². The van der Waals surface area contributed by atoms with E-state index in [1.807, 2.05) is 36.4 Å². The van der Waals surface area contributed by atoms with Gasteiger partial charge in [0.05, 0.1) is 0 Å². The summed E-state index contributed by atoms with van der Waals surface area (Å²) in [7, 11) is 1.52. The first-order chi connectivity index (χ1) is 15.9. The summed E-state index contributed by atoms with van der Waals surface area (Å²) in [6, 6.07) is 17.4. The molecule has 1 heterocycles. The zero-order valence-electron chi connectivity index (χ0n) is 17.8. The topological polar surface area (TPSA) is 123 Å². The number of carboxylic acids is 1. The first-order valence-corrected chi connectivity index (χ1v) is 10.3. The number of alkyl carbamates (subject to hydrolysis) is 1. The molecule has 3 aromatic rings. The number of carbonyl (C=O) groups is 3. The number of carboxylic acid groups (broad SMARTS) is 1. The monoisotopic (exact) mass is 446 g/mol. The molecule has 2 aromatic carbocycles. The van der Waals surface area contributed by atoms with Gasteiger partial charge in [0, 0.05) is 31.7 Å². The fraction of sp³-hybridized carbons (Fsp3) is 0.167. The minimum atomic E-state index is -1.19. The second kappa shape index (κ2) is 9.39. The van der Waals surface area contributed by atoms with Gasteiger partial charge in [0.15, 0.2) is 5.69 Å². The largest absolute Gasteiger partial charge is 0.476 e. The summed E-state index contributed by atoms with van der Waals surface area (Å²) in [6.45, 7) is 0.298. The van der Waals surface area contributed by atoms with Gasteiger partial charge in [-0.3, -0.25) is 9.48 Å². The fourth-order valence-electron chi connectivity index (χ4n) is 3.81. The van der Waals surface area contributed by atoms with Gasteiger partial charge < -0.3 is 20.5 Å². The molecular formula is C24H22N4O5. The van der Waals surface area contributed by atoms with Crippen molar-refractivity contribution in [3.05, 3.63) is 83.6 Å². The molecule has 9 heteroatoms. The summed E-state index contributed by atoms with van der Waals surface area (Å²) in [5.74, 6) is -1.45. The molecule has 1 aliphatic rings. The lowest BCUT2D eigenvalue weighted by Crippen LogP contribution is -2.26. The van der Waals surface area contributed by atoms with E-state index in [-0.39, 0.29) is 30.6 Å². The average molecular weight is 446 g/mol.